The quantitative estimate of drug-likeness (QED) is 0.900. The molecule has 2 N–H and O–H groups in total. The maximum absolute atomic E-state index is 14.3. The van der Waals surface area contributed by atoms with Crippen molar-refractivity contribution in [3.8, 4) is 0 Å². The average molecular weight is 348 g/mol. The van der Waals surface area contributed by atoms with Gasteiger partial charge in [0.05, 0.1) is 17.8 Å². The number of nitrogens with two attached hydrogens (primary N) is 1. The molecule has 1 aliphatic heterocycles. The summed E-state index contributed by atoms with van der Waals surface area (Å²) < 4.78 is 15.2. The number of hydrogen-bond donors (Lipinski definition) is 1. The molecule has 0 radical (unpaired) electrons. The monoisotopic (exact) mass is 347 g/mol. The van der Waals surface area contributed by atoms with Crippen molar-refractivity contribution in [2.45, 2.75) is 12.5 Å². The summed E-state index contributed by atoms with van der Waals surface area (Å²) >= 11 is 3.53. The highest BCUT2D eigenvalue weighted by molar-refractivity contribution is 9.10. The summed E-state index contributed by atoms with van der Waals surface area (Å²) in [6.07, 6.45) is 0. The largest absolute Gasteiger partial charge is 0.369 e. The molecular formula is C16H15BrFN3. The van der Waals surface area contributed by atoms with Crippen molar-refractivity contribution in [2.24, 2.45) is 10.7 Å². The number of para-hydroxylation sites is 1. The van der Waals surface area contributed by atoms with E-state index < -0.39 is 5.54 Å². The lowest BCUT2D eigenvalue weighted by atomic mass is 9.90. The molecular weight excluding hydrogens is 333 g/mol. The first kappa shape index (κ1) is 14.1. The van der Waals surface area contributed by atoms with Crippen LogP contribution in [0.5, 0.6) is 0 Å². The summed E-state index contributed by atoms with van der Waals surface area (Å²) in [6.45, 7) is 2.37. The van der Waals surface area contributed by atoms with Crippen molar-refractivity contribution < 1.29 is 4.39 Å². The van der Waals surface area contributed by atoms with Gasteiger partial charge in [0.2, 0.25) is 0 Å². The number of halogens is 2. The van der Waals surface area contributed by atoms with Crippen LogP contribution in [0.25, 0.3) is 0 Å². The first-order valence-corrected chi connectivity index (χ1v) is 7.43. The van der Waals surface area contributed by atoms with E-state index in [9.17, 15) is 4.39 Å². The van der Waals surface area contributed by atoms with Gasteiger partial charge in [0, 0.05) is 10.0 Å². The van der Waals surface area contributed by atoms with Crippen molar-refractivity contribution in [1.29, 1.82) is 0 Å². The Balaban J connectivity index is 2.16. The fraction of sp³-hybridized carbons (Fsp3) is 0.188. The average Bonchev–Trinajstić information content (AvgIpc) is 2.77. The molecule has 21 heavy (non-hydrogen) atoms. The minimum Gasteiger partial charge on any atom is -0.369 e. The van der Waals surface area contributed by atoms with Crippen molar-refractivity contribution in [3.63, 3.8) is 0 Å². The fourth-order valence-electron chi connectivity index (χ4n) is 2.76. The minimum atomic E-state index is -0.640. The summed E-state index contributed by atoms with van der Waals surface area (Å²) in [6, 6.07) is 14.5. The highest BCUT2D eigenvalue weighted by atomic mass is 79.9. The Labute approximate surface area is 131 Å². The van der Waals surface area contributed by atoms with Crippen molar-refractivity contribution in [2.75, 3.05) is 11.4 Å². The smallest absolute Gasteiger partial charge is 0.196 e. The third-order valence-corrected chi connectivity index (χ3v) is 4.49. The molecule has 0 bridgehead atoms. The predicted molar refractivity (Wildman–Crippen MR) is 86.9 cm³/mol. The number of hydrogen-bond acceptors (Lipinski definition) is 3. The number of anilines is 1. The maximum Gasteiger partial charge on any atom is 0.196 e. The van der Waals surface area contributed by atoms with Crippen LogP contribution >= 0.6 is 15.9 Å². The van der Waals surface area contributed by atoms with E-state index in [-0.39, 0.29) is 5.82 Å². The molecule has 0 saturated heterocycles. The summed E-state index contributed by atoms with van der Waals surface area (Å²) in [7, 11) is 0. The molecule has 1 heterocycles. The number of guanidine groups is 1. The molecule has 108 valence electrons. The van der Waals surface area contributed by atoms with Crippen molar-refractivity contribution in [3.05, 3.63) is 64.4 Å². The van der Waals surface area contributed by atoms with E-state index in [2.05, 4.69) is 20.9 Å². The molecule has 1 aliphatic rings. The topological polar surface area (TPSA) is 41.6 Å². The van der Waals surface area contributed by atoms with Gasteiger partial charge in [0.15, 0.2) is 5.96 Å². The first-order chi connectivity index (χ1) is 10.0. The van der Waals surface area contributed by atoms with Gasteiger partial charge in [-0.25, -0.2) is 4.39 Å². The number of aliphatic imine (C=N–C) groups is 1. The fourth-order valence-corrected chi connectivity index (χ4v) is 3.22. The minimum absolute atomic E-state index is 0.248. The molecule has 5 heteroatoms. The van der Waals surface area contributed by atoms with E-state index in [4.69, 9.17) is 5.73 Å². The number of nitrogens with zero attached hydrogens (tertiary/aromatic N) is 2. The first-order valence-electron chi connectivity index (χ1n) is 6.64. The van der Waals surface area contributed by atoms with E-state index >= 15 is 0 Å². The lowest BCUT2D eigenvalue weighted by Gasteiger charge is -2.37. The van der Waals surface area contributed by atoms with Crippen LogP contribution < -0.4 is 10.6 Å². The third kappa shape index (κ3) is 2.21. The van der Waals surface area contributed by atoms with Crippen LogP contribution in [0.2, 0.25) is 0 Å². The molecule has 0 spiro atoms. The van der Waals surface area contributed by atoms with Gasteiger partial charge < -0.3 is 5.73 Å². The van der Waals surface area contributed by atoms with Crippen LogP contribution in [0, 0.1) is 5.82 Å². The second-order valence-corrected chi connectivity index (χ2v) is 6.07. The standard InChI is InChI=1S/C16H15BrFN3/c1-16(11-6-2-4-8-13(11)18)10-20-15(19)21(16)14-9-5-3-7-12(14)17/h2-9H,10H2,1H3,(H2,19,20). The highest BCUT2D eigenvalue weighted by Crippen LogP contribution is 2.40. The molecule has 1 atom stereocenters. The molecule has 2 aromatic rings. The maximum atomic E-state index is 14.3. The Morgan fingerprint density at radius 2 is 1.86 bits per heavy atom. The zero-order valence-corrected chi connectivity index (χ0v) is 13.1. The van der Waals surface area contributed by atoms with Crippen LogP contribution in [0.15, 0.2) is 58.0 Å². The Morgan fingerprint density at radius 1 is 1.19 bits per heavy atom. The van der Waals surface area contributed by atoms with Crippen LogP contribution in [-0.2, 0) is 5.54 Å². The second-order valence-electron chi connectivity index (χ2n) is 5.21. The van der Waals surface area contributed by atoms with Gasteiger partial charge in [0.1, 0.15) is 5.82 Å². The molecule has 3 rings (SSSR count). The lowest BCUT2D eigenvalue weighted by Crippen LogP contribution is -2.48. The summed E-state index contributed by atoms with van der Waals surface area (Å²) in [4.78, 5) is 6.22. The van der Waals surface area contributed by atoms with Gasteiger partial charge in [-0.15, -0.1) is 0 Å². The summed E-state index contributed by atoms with van der Waals surface area (Å²) in [5.41, 5.74) is 6.90. The Hall–Kier alpha value is -1.88. The van der Waals surface area contributed by atoms with Crippen LogP contribution in [-0.4, -0.2) is 12.5 Å². The second kappa shape index (κ2) is 5.15. The van der Waals surface area contributed by atoms with E-state index in [0.29, 0.717) is 18.1 Å². The predicted octanol–water partition coefficient (Wildman–Crippen LogP) is 3.64. The van der Waals surface area contributed by atoms with Gasteiger partial charge >= 0.3 is 0 Å². The van der Waals surface area contributed by atoms with Gasteiger partial charge in [-0.05, 0) is 41.1 Å². The SMILES string of the molecule is CC1(c2ccccc2F)CN=C(N)N1c1ccccc1Br. The van der Waals surface area contributed by atoms with E-state index in [1.807, 2.05) is 42.2 Å². The van der Waals surface area contributed by atoms with Gasteiger partial charge in [-0.2, -0.15) is 0 Å². The highest BCUT2D eigenvalue weighted by Gasteiger charge is 2.42. The van der Waals surface area contributed by atoms with Gasteiger partial charge in [-0.3, -0.25) is 9.89 Å². The zero-order chi connectivity index (χ0) is 15.0. The Bertz CT molecular complexity index is 716. The lowest BCUT2D eigenvalue weighted by molar-refractivity contribution is 0.488. The third-order valence-electron chi connectivity index (χ3n) is 3.82. The molecule has 0 fully saturated rings. The van der Waals surface area contributed by atoms with Crippen molar-refractivity contribution in [1.82, 2.24) is 0 Å². The van der Waals surface area contributed by atoms with Gasteiger partial charge in [-0.1, -0.05) is 30.3 Å². The molecule has 3 nitrogen and oxygen atoms in total. The van der Waals surface area contributed by atoms with Crippen LogP contribution in [0.1, 0.15) is 12.5 Å². The van der Waals surface area contributed by atoms with Crippen molar-refractivity contribution >= 4 is 27.6 Å². The van der Waals surface area contributed by atoms with Crippen LogP contribution in [0.3, 0.4) is 0 Å². The summed E-state index contributed by atoms with van der Waals surface area (Å²) in [5.74, 6) is 0.148. The number of rotatable bonds is 2. The molecule has 0 amide bonds. The molecule has 0 aromatic heterocycles. The number of benzene rings is 2. The Kier molecular flexibility index (Phi) is 3.45. The van der Waals surface area contributed by atoms with E-state index in [1.165, 1.54) is 6.07 Å². The molecule has 2 aromatic carbocycles. The normalized spacial score (nSPS) is 21.5. The Morgan fingerprint density at radius 3 is 2.57 bits per heavy atom. The molecule has 1 unspecified atom stereocenters. The molecule has 0 aliphatic carbocycles. The van der Waals surface area contributed by atoms with E-state index in [0.717, 1.165) is 10.2 Å². The molecule has 0 saturated carbocycles. The summed E-state index contributed by atoms with van der Waals surface area (Å²) in [5, 5.41) is 0. The van der Waals surface area contributed by atoms with Crippen LogP contribution in [0.4, 0.5) is 10.1 Å². The van der Waals surface area contributed by atoms with Gasteiger partial charge in [0.25, 0.3) is 0 Å². The zero-order valence-electron chi connectivity index (χ0n) is 11.6. The van der Waals surface area contributed by atoms with E-state index in [1.54, 1.807) is 12.1 Å².